The molecule has 0 bridgehead atoms. The Morgan fingerprint density at radius 2 is 1.93 bits per heavy atom. The van der Waals surface area contributed by atoms with E-state index in [1.807, 2.05) is 50.3 Å². The van der Waals surface area contributed by atoms with Crippen molar-refractivity contribution in [3.63, 3.8) is 0 Å². The van der Waals surface area contributed by atoms with Gasteiger partial charge in [0.25, 0.3) is 5.91 Å². The predicted octanol–water partition coefficient (Wildman–Crippen LogP) is 6.13. The minimum atomic E-state index is -0.117. The lowest BCUT2D eigenvalue weighted by Gasteiger charge is -2.10. The molecule has 1 amide bonds. The van der Waals surface area contributed by atoms with Gasteiger partial charge in [-0.2, -0.15) is 0 Å². The average molecular weight is 496 g/mol. The lowest BCUT2D eigenvalue weighted by molar-refractivity contribution is -0.121. The number of ether oxygens (including phenoxy) is 2. The summed E-state index contributed by atoms with van der Waals surface area (Å²) in [5, 5.41) is 1.15. The highest BCUT2D eigenvalue weighted by atomic mass is 79.9. The molecule has 8 heteroatoms. The van der Waals surface area contributed by atoms with Gasteiger partial charge in [-0.25, -0.2) is 4.99 Å². The highest BCUT2D eigenvalue weighted by molar-refractivity contribution is 9.10. The largest absolute Gasteiger partial charge is 0.494 e. The molecule has 1 aliphatic rings. The standard InChI is InChI=1S/C21H20BrClN2O3S/c1-4-27-15-8-6-13(18(12-15)28-5-2)10-19-20(26)25(3)21(29-19)24-14-7-9-16(22)17(23)11-14/h6-12H,4-5H2,1-3H3/b19-10-,24-21?. The number of carbonyl (C=O) groups is 1. The van der Waals surface area contributed by atoms with E-state index < -0.39 is 0 Å². The van der Waals surface area contributed by atoms with Gasteiger partial charge >= 0.3 is 0 Å². The molecule has 0 unspecified atom stereocenters. The molecule has 0 aromatic heterocycles. The molecule has 0 atom stereocenters. The molecule has 0 spiro atoms. The van der Waals surface area contributed by atoms with Gasteiger partial charge in [0.1, 0.15) is 11.5 Å². The van der Waals surface area contributed by atoms with Gasteiger partial charge in [0.2, 0.25) is 0 Å². The number of rotatable bonds is 6. The first-order valence-electron chi connectivity index (χ1n) is 9.04. The summed E-state index contributed by atoms with van der Waals surface area (Å²) in [4.78, 5) is 19.4. The summed E-state index contributed by atoms with van der Waals surface area (Å²) in [5.74, 6) is 1.29. The van der Waals surface area contributed by atoms with Gasteiger partial charge < -0.3 is 9.47 Å². The third kappa shape index (κ3) is 5.15. The first-order chi connectivity index (χ1) is 13.9. The van der Waals surface area contributed by atoms with Crippen LogP contribution in [-0.4, -0.2) is 36.2 Å². The molecule has 0 aliphatic carbocycles. The van der Waals surface area contributed by atoms with E-state index in [-0.39, 0.29) is 5.91 Å². The quantitative estimate of drug-likeness (QED) is 0.452. The zero-order valence-corrected chi connectivity index (χ0v) is 19.4. The molecule has 2 aromatic rings. The van der Waals surface area contributed by atoms with E-state index in [9.17, 15) is 4.79 Å². The number of thioether (sulfide) groups is 1. The van der Waals surface area contributed by atoms with Gasteiger partial charge in [0.15, 0.2) is 5.17 Å². The SMILES string of the molecule is CCOc1ccc(/C=C2\SC(=Nc3ccc(Br)c(Cl)c3)N(C)C2=O)c(OCC)c1. The molecule has 5 nitrogen and oxygen atoms in total. The number of carbonyl (C=O) groups excluding carboxylic acids is 1. The van der Waals surface area contributed by atoms with Crippen molar-refractivity contribution >= 4 is 62.1 Å². The van der Waals surface area contributed by atoms with Crippen molar-refractivity contribution in [2.24, 2.45) is 4.99 Å². The molecule has 29 heavy (non-hydrogen) atoms. The molecule has 0 N–H and O–H groups in total. The Balaban J connectivity index is 1.91. The van der Waals surface area contributed by atoms with E-state index in [0.717, 1.165) is 15.8 Å². The van der Waals surface area contributed by atoms with Crippen molar-refractivity contribution in [3.8, 4) is 11.5 Å². The number of hydrogen-bond donors (Lipinski definition) is 0. The van der Waals surface area contributed by atoms with Gasteiger partial charge in [0, 0.05) is 23.2 Å². The molecule has 0 radical (unpaired) electrons. The number of amidine groups is 1. The summed E-state index contributed by atoms with van der Waals surface area (Å²) in [7, 11) is 1.71. The van der Waals surface area contributed by atoms with Gasteiger partial charge in [0.05, 0.1) is 28.8 Å². The molecule has 1 heterocycles. The van der Waals surface area contributed by atoms with Crippen LogP contribution >= 0.6 is 39.3 Å². The second-order valence-corrected chi connectivity index (χ2v) is 8.30. The highest BCUT2D eigenvalue weighted by Gasteiger charge is 2.30. The smallest absolute Gasteiger partial charge is 0.266 e. The van der Waals surface area contributed by atoms with Crippen LogP contribution < -0.4 is 9.47 Å². The number of benzene rings is 2. The first-order valence-corrected chi connectivity index (χ1v) is 11.0. The number of halogens is 2. The van der Waals surface area contributed by atoms with Crippen LogP contribution in [0, 0.1) is 0 Å². The summed E-state index contributed by atoms with van der Waals surface area (Å²) in [6.07, 6.45) is 1.82. The van der Waals surface area contributed by atoms with E-state index in [1.54, 1.807) is 13.1 Å². The maximum atomic E-state index is 12.7. The number of hydrogen-bond acceptors (Lipinski definition) is 5. The summed E-state index contributed by atoms with van der Waals surface area (Å²) in [6.45, 7) is 4.94. The maximum absolute atomic E-state index is 12.7. The van der Waals surface area contributed by atoms with E-state index in [2.05, 4.69) is 20.9 Å². The van der Waals surface area contributed by atoms with Crippen LogP contribution in [0.3, 0.4) is 0 Å². The predicted molar refractivity (Wildman–Crippen MR) is 123 cm³/mol. The van der Waals surface area contributed by atoms with E-state index in [0.29, 0.717) is 39.7 Å². The fraction of sp³-hybridized carbons (Fsp3) is 0.238. The Morgan fingerprint density at radius 1 is 1.17 bits per heavy atom. The summed E-state index contributed by atoms with van der Waals surface area (Å²) in [5.41, 5.74) is 1.49. The summed E-state index contributed by atoms with van der Waals surface area (Å²) in [6, 6.07) is 11.0. The van der Waals surface area contributed by atoms with Crippen LogP contribution in [0.5, 0.6) is 11.5 Å². The van der Waals surface area contributed by atoms with Crippen molar-refractivity contribution in [3.05, 3.63) is 56.4 Å². The molecule has 1 saturated heterocycles. The third-order valence-corrected chi connectivity index (χ3v) is 6.31. The van der Waals surface area contributed by atoms with E-state index in [1.165, 1.54) is 16.7 Å². The zero-order valence-electron chi connectivity index (χ0n) is 16.2. The summed E-state index contributed by atoms with van der Waals surface area (Å²) < 4.78 is 12.1. The monoisotopic (exact) mass is 494 g/mol. The van der Waals surface area contributed by atoms with Crippen molar-refractivity contribution in [2.45, 2.75) is 13.8 Å². The molecule has 1 aliphatic heterocycles. The van der Waals surface area contributed by atoms with Crippen LogP contribution in [-0.2, 0) is 4.79 Å². The van der Waals surface area contributed by atoms with Crippen molar-refractivity contribution < 1.29 is 14.3 Å². The Hall–Kier alpha value is -1.96. The van der Waals surface area contributed by atoms with Gasteiger partial charge in [-0.1, -0.05) is 11.6 Å². The number of amides is 1. The summed E-state index contributed by atoms with van der Waals surface area (Å²) >= 11 is 10.8. The second-order valence-electron chi connectivity index (χ2n) is 6.03. The van der Waals surface area contributed by atoms with Gasteiger partial charge in [-0.15, -0.1) is 0 Å². The van der Waals surface area contributed by atoms with Crippen LogP contribution in [0.25, 0.3) is 6.08 Å². The Bertz CT molecular complexity index is 994. The van der Waals surface area contributed by atoms with Crippen LogP contribution in [0.4, 0.5) is 5.69 Å². The molecule has 152 valence electrons. The zero-order chi connectivity index (χ0) is 21.0. The molecular formula is C21H20BrClN2O3S. The second kappa shape index (κ2) is 9.69. The minimum absolute atomic E-state index is 0.117. The molecular weight excluding hydrogens is 476 g/mol. The fourth-order valence-electron chi connectivity index (χ4n) is 2.63. The minimum Gasteiger partial charge on any atom is -0.494 e. The van der Waals surface area contributed by atoms with Crippen LogP contribution in [0.2, 0.25) is 5.02 Å². The van der Waals surface area contributed by atoms with E-state index >= 15 is 0 Å². The molecule has 2 aromatic carbocycles. The average Bonchev–Trinajstić information content (AvgIpc) is 2.95. The third-order valence-electron chi connectivity index (χ3n) is 4.01. The first kappa shape index (κ1) is 21.7. The van der Waals surface area contributed by atoms with Gasteiger partial charge in [-0.3, -0.25) is 9.69 Å². The Labute approximate surface area is 187 Å². The number of likely N-dealkylation sites (N-methyl/N-ethyl adjacent to an activating group) is 1. The maximum Gasteiger partial charge on any atom is 0.266 e. The highest BCUT2D eigenvalue weighted by Crippen LogP contribution is 2.36. The lowest BCUT2D eigenvalue weighted by atomic mass is 10.1. The Kier molecular flexibility index (Phi) is 7.27. The van der Waals surface area contributed by atoms with E-state index in [4.69, 9.17) is 21.1 Å². The van der Waals surface area contributed by atoms with Gasteiger partial charge in [-0.05, 0) is 77.9 Å². The number of nitrogens with zero attached hydrogens (tertiary/aromatic N) is 2. The van der Waals surface area contributed by atoms with Crippen LogP contribution in [0.1, 0.15) is 19.4 Å². The van der Waals surface area contributed by atoms with Crippen molar-refractivity contribution in [2.75, 3.05) is 20.3 Å². The Morgan fingerprint density at radius 3 is 2.62 bits per heavy atom. The topological polar surface area (TPSA) is 51.1 Å². The van der Waals surface area contributed by atoms with Crippen molar-refractivity contribution in [1.29, 1.82) is 0 Å². The molecule has 3 rings (SSSR count). The fourth-order valence-corrected chi connectivity index (χ4v) is 4.03. The van der Waals surface area contributed by atoms with Crippen molar-refractivity contribution in [1.82, 2.24) is 4.90 Å². The molecule has 0 saturated carbocycles. The lowest BCUT2D eigenvalue weighted by Crippen LogP contribution is -2.23. The molecule has 1 fully saturated rings. The normalized spacial score (nSPS) is 16.7. The number of aliphatic imine (C=N–C) groups is 1. The van der Waals surface area contributed by atoms with Crippen LogP contribution in [0.15, 0.2) is 50.8 Å².